The Morgan fingerprint density at radius 2 is 1.57 bits per heavy atom. The van der Waals surface area contributed by atoms with Gasteiger partial charge < -0.3 is 20.1 Å². The van der Waals surface area contributed by atoms with E-state index in [1.807, 2.05) is 24.3 Å². The summed E-state index contributed by atoms with van der Waals surface area (Å²) in [5.74, 6) is 0.932. The van der Waals surface area contributed by atoms with E-state index in [-0.39, 0.29) is 18.6 Å². The summed E-state index contributed by atoms with van der Waals surface area (Å²) < 4.78 is 10.6. The Bertz CT molecular complexity index is 1020. The lowest BCUT2D eigenvalue weighted by atomic mass is 10.1. The molecule has 0 fully saturated rings. The number of anilines is 1. The second-order valence-electron chi connectivity index (χ2n) is 6.27. The predicted molar refractivity (Wildman–Crippen MR) is 105 cm³/mol. The zero-order valence-electron chi connectivity index (χ0n) is 15.0. The van der Waals surface area contributed by atoms with Crippen LogP contribution >= 0.6 is 0 Å². The van der Waals surface area contributed by atoms with Crippen molar-refractivity contribution in [3.8, 4) is 11.5 Å². The van der Waals surface area contributed by atoms with Crippen LogP contribution in [0, 0.1) is 0 Å². The number of fused-ring (bicyclic) bond motifs is 1. The monoisotopic (exact) mass is 374 g/mol. The van der Waals surface area contributed by atoms with Gasteiger partial charge >= 0.3 is 0 Å². The lowest BCUT2D eigenvalue weighted by Gasteiger charge is -2.09. The van der Waals surface area contributed by atoms with E-state index < -0.39 is 0 Å². The lowest BCUT2D eigenvalue weighted by molar-refractivity contribution is 0.0949. The first-order valence-corrected chi connectivity index (χ1v) is 8.82. The van der Waals surface area contributed by atoms with Crippen LogP contribution in [0.5, 0.6) is 11.5 Å². The van der Waals surface area contributed by atoms with Crippen LogP contribution < -0.4 is 20.1 Å². The van der Waals surface area contributed by atoms with Gasteiger partial charge in [0, 0.05) is 23.4 Å². The topological polar surface area (TPSA) is 76.7 Å². The van der Waals surface area contributed by atoms with Crippen molar-refractivity contribution in [3.63, 3.8) is 0 Å². The molecule has 0 saturated carbocycles. The van der Waals surface area contributed by atoms with Gasteiger partial charge in [-0.15, -0.1) is 0 Å². The lowest BCUT2D eigenvalue weighted by Crippen LogP contribution is -2.23. The maximum Gasteiger partial charge on any atom is 0.255 e. The summed E-state index contributed by atoms with van der Waals surface area (Å²) in [7, 11) is 0. The van der Waals surface area contributed by atoms with Gasteiger partial charge in [0.1, 0.15) is 0 Å². The number of amides is 2. The fraction of sp³-hybridized carbons (Fsp3) is 0.0909. The molecule has 6 nitrogen and oxygen atoms in total. The third kappa shape index (κ3) is 3.96. The molecule has 0 radical (unpaired) electrons. The molecule has 0 unspecified atom stereocenters. The Morgan fingerprint density at radius 1 is 0.786 bits per heavy atom. The quantitative estimate of drug-likeness (QED) is 0.715. The number of hydrogen-bond donors (Lipinski definition) is 2. The molecule has 1 heterocycles. The summed E-state index contributed by atoms with van der Waals surface area (Å²) >= 11 is 0. The van der Waals surface area contributed by atoms with Crippen molar-refractivity contribution >= 4 is 17.5 Å². The summed E-state index contributed by atoms with van der Waals surface area (Å²) in [6, 6.07) is 21.3. The molecule has 1 aliphatic heterocycles. The first-order chi connectivity index (χ1) is 13.7. The highest BCUT2D eigenvalue weighted by Gasteiger charge is 2.14. The van der Waals surface area contributed by atoms with Crippen molar-refractivity contribution in [3.05, 3.63) is 89.5 Å². The molecule has 0 aliphatic carbocycles. The zero-order chi connectivity index (χ0) is 19.3. The van der Waals surface area contributed by atoms with Crippen molar-refractivity contribution < 1.29 is 19.1 Å². The van der Waals surface area contributed by atoms with Gasteiger partial charge in [-0.25, -0.2) is 0 Å². The molecule has 0 spiro atoms. The standard InChI is InChI=1S/C22H18N2O4/c25-21(23-13-15-9-10-19-20(11-15)28-14-27-19)17-7-4-8-18(12-17)24-22(26)16-5-2-1-3-6-16/h1-12H,13-14H2,(H,23,25)(H,24,26). The first-order valence-electron chi connectivity index (χ1n) is 8.82. The van der Waals surface area contributed by atoms with Crippen molar-refractivity contribution in [2.75, 3.05) is 12.1 Å². The zero-order valence-corrected chi connectivity index (χ0v) is 15.0. The van der Waals surface area contributed by atoms with E-state index in [9.17, 15) is 9.59 Å². The summed E-state index contributed by atoms with van der Waals surface area (Å²) in [5, 5.41) is 5.68. The Labute approximate surface area is 162 Å². The molecule has 0 saturated heterocycles. The molecule has 1 aliphatic rings. The largest absolute Gasteiger partial charge is 0.454 e. The minimum atomic E-state index is -0.228. The molecule has 3 aromatic carbocycles. The number of ether oxygens (including phenoxy) is 2. The summed E-state index contributed by atoms with van der Waals surface area (Å²) in [6.45, 7) is 0.572. The Hall–Kier alpha value is -3.80. The second kappa shape index (κ2) is 7.84. The van der Waals surface area contributed by atoms with Crippen LogP contribution in [0.15, 0.2) is 72.8 Å². The number of carbonyl (C=O) groups is 2. The Balaban J connectivity index is 1.39. The molecule has 2 N–H and O–H groups in total. The van der Waals surface area contributed by atoms with E-state index in [1.54, 1.807) is 48.5 Å². The van der Waals surface area contributed by atoms with Gasteiger partial charge in [0.15, 0.2) is 11.5 Å². The van der Waals surface area contributed by atoms with Gasteiger partial charge in [0.25, 0.3) is 11.8 Å². The van der Waals surface area contributed by atoms with Crippen LogP contribution in [0.4, 0.5) is 5.69 Å². The predicted octanol–water partition coefficient (Wildman–Crippen LogP) is 3.60. The fourth-order valence-electron chi connectivity index (χ4n) is 2.87. The van der Waals surface area contributed by atoms with Gasteiger partial charge in [-0.3, -0.25) is 9.59 Å². The first kappa shape index (κ1) is 17.6. The maximum absolute atomic E-state index is 12.5. The Morgan fingerprint density at radius 3 is 2.43 bits per heavy atom. The van der Waals surface area contributed by atoms with Gasteiger partial charge in [-0.05, 0) is 48.0 Å². The molecule has 0 atom stereocenters. The molecule has 140 valence electrons. The summed E-state index contributed by atoms with van der Waals surface area (Å²) in [5.41, 5.74) is 2.49. The van der Waals surface area contributed by atoms with Gasteiger partial charge in [-0.2, -0.15) is 0 Å². The molecular weight excluding hydrogens is 356 g/mol. The molecule has 6 heteroatoms. The van der Waals surface area contributed by atoms with Crippen molar-refractivity contribution in [2.24, 2.45) is 0 Å². The van der Waals surface area contributed by atoms with Crippen LogP contribution in [-0.4, -0.2) is 18.6 Å². The highest BCUT2D eigenvalue weighted by molar-refractivity contribution is 6.05. The van der Waals surface area contributed by atoms with E-state index in [4.69, 9.17) is 9.47 Å². The molecule has 4 rings (SSSR count). The van der Waals surface area contributed by atoms with Crippen molar-refractivity contribution in [1.29, 1.82) is 0 Å². The number of hydrogen-bond acceptors (Lipinski definition) is 4. The normalized spacial score (nSPS) is 11.7. The van der Waals surface area contributed by atoms with E-state index in [1.165, 1.54) is 0 Å². The molecule has 28 heavy (non-hydrogen) atoms. The number of rotatable bonds is 5. The van der Waals surface area contributed by atoms with E-state index in [0.717, 1.165) is 5.56 Å². The third-order valence-corrected chi connectivity index (χ3v) is 4.31. The summed E-state index contributed by atoms with van der Waals surface area (Å²) in [6.07, 6.45) is 0. The summed E-state index contributed by atoms with van der Waals surface area (Å²) in [4.78, 5) is 24.7. The van der Waals surface area contributed by atoms with Crippen LogP contribution in [0.1, 0.15) is 26.3 Å². The maximum atomic E-state index is 12.5. The number of carbonyl (C=O) groups excluding carboxylic acids is 2. The minimum absolute atomic E-state index is 0.215. The molecular formula is C22H18N2O4. The highest BCUT2D eigenvalue weighted by atomic mass is 16.7. The number of nitrogens with one attached hydrogen (secondary N) is 2. The Kier molecular flexibility index (Phi) is 4.93. The van der Waals surface area contributed by atoms with Crippen molar-refractivity contribution in [2.45, 2.75) is 6.54 Å². The third-order valence-electron chi connectivity index (χ3n) is 4.31. The highest BCUT2D eigenvalue weighted by Crippen LogP contribution is 2.32. The molecule has 0 bridgehead atoms. The fourth-order valence-corrected chi connectivity index (χ4v) is 2.87. The molecule has 2 amide bonds. The SMILES string of the molecule is O=C(NCc1ccc2c(c1)OCO2)c1cccc(NC(=O)c2ccccc2)c1. The van der Waals surface area contributed by atoms with Crippen LogP contribution in [-0.2, 0) is 6.54 Å². The van der Waals surface area contributed by atoms with E-state index in [0.29, 0.717) is 34.9 Å². The molecule has 0 aromatic heterocycles. The smallest absolute Gasteiger partial charge is 0.255 e. The minimum Gasteiger partial charge on any atom is -0.454 e. The van der Waals surface area contributed by atoms with E-state index in [2.05, 4.69) is 10.6 Å². The number of benzene rings is 3. The molecule has 3 aromatic rings. The average Bonchev–Trinajstić information content (AvgIpc) is 3.20. The second-order valence-corrected chi connectivity index (χ2v) is 6.27. The van der Waals surface area contributed by atoms with E-state index >= 15 is 0 Å². The van der Waals surface area contributed by atoms with Gasteiger partial charge in [-0.1, -0.05) is 30.3 Å². The van der Waals surface area contributed by atoms with Crippen LogP contribution in [0.3, 0.4) is 0 Å². The van der Waals surface area contributed by atoms with Gasteiger partial charge in [0.05, 0.1) is 0 Å². The van der Waals surface area contributed by atoms with Crippen LogP contribution in [0.25, 0.3) is 0 Å². The van der Waals surface area contributed by atoms with Crippen molar-refractivity contribution in [1.82, 2.24) is 5.32 Å². The average molecular weight is 374 g/mol. The van der Waals surface area contributed by atoms with Gasteiger partial charge in [0.2, 0.25) is 6.79 Å². The van der Waals surface area contributed by atoms with Crippen LogP contribution in [0.2, 0.25) is 0 Å².